The van der Waals surface area contributed by atoms with Gasteiger partial charge in [-0.15, -0.1) is 0 Å². The Morgan fingerprint density at radius 1 is 1.03 bits per heavy atom. The monoisotopic (exact) mass is 548 g/mol. The summed E-state index contributed by atoms with van der Waals surface area (Å²) in [5.41, 5.74) is 0.348. The predicted molar refractivity (Wildman–Crippen MR) is 142 cm³/mol. The van der Waals surface area contributed by atoms with E-state index in [0.717, 1.165) is 5.56 Å². The van der Waals surface area contributed by atoms with Crippen molar-refractivity contribution < 1.29 is 24.0 Å². The van der Waals surface area contributed by atoms with E-state index in [0.29, 0.717) is 16.9 Å². The maximum atomic E-state index is 14.1. The molecule has 1 aliphatic carbocycles. The van der Waals surface area contributed by atoms with Crippen LogP contribution >= 0.6 is 23.2 Å². The Morgan fingerprint density at radius 3 is 2.45 bits per heavy atom. The fourth-order valence-electron chi connectivity index (χ4n) is 5.40. The molecule has 7 nitrogen and oxygen atoms in total. The van der Waals surface area contributed by atoms with Gasteiger partial charge in [0.25, 0.3) is 11.7 Å². The van der Waals surface area contributed by atoms with Crippen LogP contribution in [0.15, 0.2) is 65.2 Å². The van der Waals surface area contributed by atoms with Gasteiger partial charge in [0.1, 0.15) is 22.8 Å². The lowest BCUT2D eigenvalue weighted by atomic mass is 9.82. The van der Waals surface area contributed by atoms with Crippen molar-refractivity contribution in [2.45, 2.75) is 38.0 Å². The summed E-state index contributed by atoms with van der Waals surface area (Å²) < 4.78 is 11.5. The maximum absolute atomic E-state index is 14.1. The van der Waals surface area contributed by atoms with Crippen molar-refractivity contribution in [1.82, 2.24) is 10.5 Å². The molecule has 2 aliphatic rings. The molecule has 38 heavy (non-hydrogen) atoms. The molecule has 2 unspecified atom stereocenters. The summed E-state index contributed by atoms with van der Waals surface area (Å²) in [5.74, 6) is -2.70. The molecule has 2 N–H and O–H groups in total. The van der Waals surface area contributed by atoms with E-state index in [2.05, 4.69) is 10.5 Å². The van der Waals surface area contributed by atoms with E-state index in [1.807, 2.05) is 19.9 Å². The van der Waals surface area contributed by atoms with Gasteiger partial charge >= 0.3 is 0 Å². The first-order valence-corrected chi connectivity index (χ1v) is 12.8. The quantitative estimate of drug-likeness (QED) is 0.317. The molecule has 2 atom stereocenters. The van der Waals surface area contributed by atoms with Crippen LogP contribution in [0.2, 0.25) is 10.0 Å². The van der Waals surface area contributed by atoms with Gasteiger partial charge in [-0.25, -0.2) is 0 Å². The lowest BCUT2D eigenvalue weighted by Crippen LogP contribution is -2.60. The number of fused-ring (bicyclic) bond motifs is 5. The highest BCUT2D eigenvalue weighted by Gasteiger charge is 2.71. The van der Waals surface area contributed by atoms with Gasteiger partial charge in [-0.05, 0) is 36.6 Å². The van der Waals surface area contributed by atoms with Crippen LogP contribution in [0.5, 0.6) is 5.75 Å². The summed E-state index contributed by atoms with van der Waals surface area (Å²) in [6, 6.07) is 16.9. The number of carbonyl (C=O) groups is 2. The molecule has 0 saturated carbocycles. The SMILES string of the molecule is Cc1onc(-c2c(Cl)cccc2Cl)c1C(=O)NC12C(=O)c3ccccc3C1(O)Oc1cc(C(C)C)ccc12. The molecular formula is C29H22Cl2N2O5. The molecule has 3 aromatic carbocycles. The van der Waals surface area contributed by atoms with E-state index < -0.39 is 23.0 Å². The number of hydrogen-bond acceptors (Lipinski definition) is 6. The van der Waals surface area contributed by atoms with Gasteiger partial charge in [-0.1, -0.05) is 84.7 Å². The van der Waals surface area contributed by atoms with Crippen LogP contribution < -0.4 is 10.1 Å². The molecule has 0 fully saturated rings. The molecule has 192 valence electrons. The summed E-state index contributed by atoms with van der Waals surface area (Å²) in [7, 11) is 0. The number of ether oxygens (including phenoxy) is 1. The standard InChI is InChI=1S/C29H22Cl2N2O5/c1-14(2)16-11-12-19-22(13-16)37-29(36)18-8-5-4-7-17(18)26(34)28(19,29)32-27(35)23-15(3)38-33-25(23)24-20(30)9-6-10-21(24)31/h4-14,36H,1-3H3,(H,32,35). The van der Waals surface area contributed by atoms with Crippen molar-refractivity contribution in [3.05, 3.63) is 104 Å². The Labute approximate surface area is 228 Å². The zero-order valence-electron chi connectivity index (χ0n) is 20.6. The van der Waals surface area contributed by atoms with Crippen molar-refractivity contribution in [3.8, 4) is 17.0 Å². The van der Waals surface area contributed by atoms with Crippen LogP contribution in [0.1, 0.15) is 62.9 Å². The maximum Gasteiger partial charge on any atom is 0.271 e. The van der Waals surface area contributed by atoms with E-state index in [4.69, 9.17) is 32.5 Å². The third-order valence-electron chi connectivity index (χ3n) is 7.31. The minimum absolute atomic E-state index is 0.0349. The number of nitrogens with one attached hydrogen (secondary N) is 1. The summed E-state index contributed by atoms with van der Waals surface area (Å²) in [6.45, 7) is 5.62. The highest BCUT2D eigenvalue weighted by Crippen LogP contribution is 2.58. The number of aromatic nitrogens is 1. The molecule has 4 aromatic rings. The molecule has 1 aromatic heterocycles. The second-order valence-corrected chi connectivity index (χ2v) is 10.6. The first kappa shape index (κ1) is 24.7. The Kier molecular flexibility index (Phi) is 5.47. The van der Waals surface area contributed by atoms with Gasteiger partial charge < -0.3 is 19.7 Å². The van der Waals surface area contributed by atoms with Crippen molar-refractivity contribution in [2.75, 3.05) is 0 Å². The third-order valence-corrected chi connectivity index (χ3v) is 7.94. The van der Waals surface area contributed by atoms with E-state index in [1.54, 1.807) is 61.5 Å². The minimum atomic E-state index is -2.18. The van der Waals surface area contributed by atoms with Crippen LogP contribution in [0, 0.1) is 6.92 Å². The zero-order chi connectivity index (χ0) is 27.0. The van der Waals surface area contributed by atoms with Crippen LogP contribution in [-0.4, -0.2) is 22.0 Å². The number of nitrogens with zero attached hydrogens (tertiary/aromatic N) is 1. The number of halogens is 2. The van der Waals surface area contributed by atoms with Gasteiger partial charge in [0, 0.05) is 22.3 Å². The molecule has 0 radical (unpaired) electrons. The number of ketones is 1. The Hall–Kier alpha value is -3.65. The number of Topliss-reactive ketones (excluding diaryl/α,β-unsaturated/α-hetero) is 1. The highest BCUT2D eigenvalue weighted by molar-refractivity contribution is 6.39. The van der Waals surface area contributed by atoms with Crippen LogP contribution in [0.4, 0.5) is 0 Å². The van der Waals surface area contributed by atoms with Crippen molar-refractivity contribution >= 4 is 34.9 Å². The molecule has 2 heterocycles. The number of benzene rings is 3. The predicted octanol–water partition coefficient (Wildman–Crippen LogP) is 6.14. The lowest BCUT2D eigenvalue weighted by molar-refractivity contribution is -0.169. The minimum Gasteiger partial charge on any atom is -0.454 e. The number of aryl methyl sites for hydroxylation is 1. The molecule has 6 rings (SSSR count). The second-order valence-electron chi connectivity index (χ2n) is 9.79. The number of amides is 1. The first-order chi connectivity index (χ1) is 18.1. The largest absolute Gasteiger partial charge is 0.454 e. The van der Waals surface area contributed by atoms with Crippen LogP contribution in [-0.2, 0) is 11.3 Å². The molecule has 1 amide bonds. The molecule has 0 bridgehead atoms. The second kappa shape index (κ2) is 8.43. The van der Waals surface area contributed by atoms with Crippen molar-refractivity contribution in [1.29, 1.82) is 0 Å². The molecule has 0 saturated heterocycles. The molecule has 0 spiro atoms. The van der Waals surface area contributed by atoms with Gasteiger partial charge in [0.2, 0.25) is 11.3 Å². The van der Waals surface area contributed by atoms with Crippen LogP contribution in [0.25, 0.3) is 11.3 Å². The highest BCUT2D eigenvalue weighted by atomic mass is 35.5. The average Bonchev–Trinajstić information content (AvgIpc) is 3.44. The Bertz CT molecular complexity index is 1640. The lowest BCUT2D eigenvalue weighted by Gasteiger charge is -2.34. The smallest absolute Gasteiger partial charge is 0.271 e. The number of aliphatic hydroxyl groups is 1. The number of carbonyl (C=O) groups excluding carboxylic acids is 2. The summed E-state index contributed by atoms with van der Waals surface area (Å²) in [6.07, 6.45) is 0. The van der Waals surface area contributed by atoms with E-state index in [9.17, 15) is 14.7 Å². The zero-order valence-corrected chi connectivity index (χ0v) is 22.1. The fourth-order valence-corrected chi connectivity index (χ4v) is 5.97. The third kappa shape index (κ3) is 3.16. The van der Waals surface area contributed by atoms with E-state index in [1.165, 1.54) is 0 Å². The average molecular weight is 549 g/mol. The van der Waals surface area contributed by atoms with Gasteiger partial charge in [-0.2, -0.15) is 0 Å². The summed E-state index contributed by atoms with van der Waals surface area (Å²) >= 11 is 12.8. The molecule has 9 heteroatoms. The van der Waals surface area contributed by atoms with Crippen molar-refractivity contribution in [3.63, 3.8) is 0 Å². The van der Waals surface area contributed by atoms with Crippen LogP contribution in [0.3, 0.4) is 0 Å². The Morgan fingerprint density at radius 2 is 1.74 bits per heavy atom. The van der Waals surface area contributed by atoms with Crippen molar-refractivity contribution in [2.24, 2.45) is 0 Å². The molecule has 1 aliphatic heterocycles. The normalized spacial score (nSPS) is 21.2. The summed E-state index contributed by atoms with van der Waals surface area (Å²) in [4.78, 5) is 28.1. The van der Waals surface area contributed by atoms with Gasteiger partial charge in [0.15, 0.2) is 0 Å². The topological polar surface area (TPSA) is 102 Å². The fraction of sp³-hybridized carbons (Fsp3) is 0.207. The number of rotatable bonds is 4. The summed E-state index contributed by atoms with van der Waals surface area (Å²) in [5, 5.41) is 19.5. The number of hydrogen-bond donors (Lipinski definition) is 2. The Balaban J connectivity index is 1.54. The van der Waals surface area contributed by atoms with Gasteiger partial charge in [-0.3, -0.25) is 9.59 Å². The molecular weight excluding hydrogens is 527 g/mol. The van der Waals surface area contributed by atoms with E-state index in [-0.39, 0.29) is 44.1 Å². The van der Waals surface area contributed by atoms with E-state index >= 15 is 0 Å². The first-order valence-electron chi connectivity index (χ1n) is 12.0. The van der Waals surface area contributed by atoms with Gasteiger partial charge in [0.05, 0.1) is 10.0 Å².